The molecule has 16 aromatic rings. The van der Waals surface area contributed by atoms with Crippen molar-refractivity contribution in [2.24, 2.45) is 0 Å². The standard InChI is InChI=1S/2C28H24N2PS.2C26H24N2OPSi2.2C5H8O2.4Ir/c2*1-27(2)19-9-5-7-11-24(19)31(32)25-12-8-6-10-20(25)28(3,4)22-16-18(15-21(27)26(22)31)23-17-29-13-14-30-23;2*1-31(2)22-11-7-5-9-20(22)30(29)21-10-6-8-12-23(21)32(3,4)25-16-18(15-24(31)26(25)30)19-17-27-13-14-28-19;2*1-4(6)3-5(2)7;;;;/h4*5-15,17H,1-4H3;2*3,6H,1-2H3;;;;/q4*-1;;;;;;. The molecular formula is C118H112Ir4N8O6P4S2Si4-4. The van der Waals surface area contributed by atoms with E-state index in [1.807, 2.05) is 36.7 Å². The first kappa shape index (κ1) is 111. The Morgan fingerprint density at radius 1 is 0.301 bits per heavy atom. The maximum absolute atomic E-state index is 15.4. The minimum atomic E-state index is -2.98. The van der Waals surface area contributed by atoms with Crippen molar-refractivity contribution in [3.05, 3.63) is 385 Å². The van der Waals surface area contributed by atoms with Crippen LogP contribution < -0.4 is 105 Å². The van der Waals surface area contributed by atoms with Gasteiger partial charge >= 0.3 is 0 Å². The Kier molecular flexibility index (Phi) is 31.1. The second kappa shape index (κ2) is 41.1. The monoisotopic (exact) mass is 2810 g/mol. The van der Waals surface area contributed by atoms with E-state index in [1.165, 1.54) is 158 Å². The molecule has 146 heavy (non-hydrogen) atoms. The van der Waals surface area contributed by atoms with E-state index in [-0.39, 0.29) is 125 Å². The minimum absolute atomic E-state index is 0. The number of aromatic nitrogens is 8. The molecule has 28 heteroatoms. The van der Waals surface area contributed by atoms with Crippen molar-refractivity contribution in [2.45, 2.75) is 157 Å². The molecule has 0 saturated heterocycles. The first-order valence-electron chi connectivity index (χ1n) is 47.8. The van der Waals surface area contributed by atoms with Crippen molar-refractivity contribution in [2.75, 3.05) is 0 Å². The summed E-state index contributed by atoms with van der Waals surface area (Å²) in [6, 6.07) is 88.9. The van der Waals surface area contributed by atoms with Gasteiger partial charge in [0.05, 0.1) is 43.8 Å². The van der Waals surface area contributed by atoms with Crippen LogP contribution in [0.1, 0.15) is 128 Å². The molecule has 4 atom stereocenters. The number of nitrogens with zero attached hydrogens (tertiary/aromatic N) is 8. The third-order valence-electron chi connectivity index (χ3n) is 30.1. The van der Waals surface area contributed by atoms with Crippen LogP contribution in [-0.2, 0) is 144 Å². The van der Waals surface area contributed by atoms with Crippen LogP contribution in [0.25, 0.3) is 45.0 Å². The number of aliphatic hydroxyl groups is 2. The molecule has 8 aliphatic rings. The van der Waals surface area contributed by atoms with Crippen LogP contribution in [0.5, 0.6) is 0 Å². The summed E-state index contributed by atoms with van der Waals surface area (Å²) in [4.78, 5) is 55.6. The fraction of sp³-hybridized carbons (Fsp3) is 0.203. The number of carbonyl (C=O) groups is 2. The molecule has 12 heterocycles. The Balaban J connectivity index is 0.000000138. The number of hydrogen-bond donors (Lipinski definition) is 2. The van der Waals surface area contributed by atoms with Crippen LogP contribution in [0, 0.1) is 24.3 Å². The summed E-state index contributed by atoms with van der Waals surface area (Å²) in [7, 11) is -14.4. The molecule has 8 aliphatic heterocycles. The molecule has 0 saturated carbocycles. The third kappa shape index (κ3) is 17.9. The van der Waals surface area contributed by atoms with Crippen molar-refractivity contribution in [1.29, 1.82) is 0 Å². The fourth-order valence-corrected chi connectivity index (χ4v) is 61.7. The van der Waals surface area contributed by atoms with Crippen LogP contribution in [-0.4, -0.2) is 93.9 Å². The fourth-order valence-electron chi connectivity index (χ4n) is 23.0. The van der Waals surface area contributed by atoms with Gasteiger partial charge in [0.2, 0.25) is 0 Å². The van der Waals surface area contributed by atoms with E-state index in [2.05, 4.69) is 366 Å². The summed E-state index contributed by atoms with van der Waals surface area (Å²) in [6.07, 6.45) is 23.4. The maximum atomic E-state index is 15.4. The normalized spacial score (nSPS) is 19.7. The first-order valence-corrected chi connectivity index (χ1v) is 68.9. The molecule has 2 N–H and O–H groups in total. The van der Waals surface area contributed by atoms with E-state index in [0.717, 1.165) is 76.9 Å². The van der Waals surface area contributed by atoms with Gasteiger partial charge < -0.3 is 39.3 Å². The van der Waals surface area contributed by atoms with Gasteiger partial charge in [-0.3, -0.25) is 29.5 Å². The van der Waals surface area contributed by atoms with Gasteiger partial charge in [-0.2, -0.15) is 0 Å². The summed E-state index contributed by atoms with van der Waals surface area (Å²) >= 11 is 13.6. The van der Waals surface area contributed by atoms with Crippen molar-refractivity contribution in [3.63, 3.8) is 0 Å². The molecule has 0 amide bonds. The van der Waals surface area contributed by atoms with Gasteiger partial charge in [0.1, 0.15) is 14.3 Å². The average molecular weight is 2810 g/mol. The summed E-state index contributed by atoms with van der Waals surface area (Å²) < 4.78 is 30.7. The Labute approximate surface area is 926 Å². The molecule has 4 aromatic heterocycles. The Bertz CT molecular complexity index is 6970. The molecule has 12 aromatic carbocycles. The third-order valence-corrected chi connectivity index (χ3v) is 62.1. The summed E-state index contributed by atoms with van der Waals surface area (Å²) in [5.74, 6) is -0.125. The zero-order valence-corrected chi connectivity index (χ0v) is 104. The predicted molar refractivity (Wildman–Crippen MR) is 606 cm³/mol. The molecule has 0 aliphatic carbocycles. The van der Waals surface area contributed by atoms with E-state index in [4.69, 9.17) is 33.8 Å². The maximum Gasteiger partial charge on any atom is 0.155 e. The molecule has 0 bridgehead atoms. The number of allylic oxidation sites excluding steroid dienone is 4. The quantitative estimate of drug-likeness (QED) is 0.0521. The van der Waals surface area contributed by atoms with E-state index < -0.39 is 58.7 Å². The predicted octanol–water partition coefficient (Wildman–Crippen LogP) is 15.7. The molecule has 24 rings (SSSR count). The number of ketones is 2. The first-order chi connectivity index (χ1) is 67.3. The van der Waals surface area contributed by atoms with Crippen LogP contribution in [0.3, 0.4) is 0 Å². The topological polar surface area (TPSA) is 212 Å². The minimum Gasteiger partial charge on any atom is -0.512 e. The van der Waals surface area contributed by atoms with Crippen LogP contribution in [0.2, 0.25) is 52.4 Å². The molecule has 4 unspecified atom stereocenters. The number of aliphatic hydroxyl groups excluding tert-OH is 2. The van der Waals surface area contributed by atoms with Gasteiger partial charge in [0.25, 0.3) is 0 Å². The number of carbonyl (C=O) groups excluding carboxylic acids is 2. The van der Waals surface area contributed by atoms with Crippen molar-refractivity contribution >= 4 is 199 Å². The second-order valence-corrected chi connectivity index (χ2v) is 73.0. The zero-order valence-electron chi connectivity index (χ0n) is 84.9. The largest absolute Gasteiger partial charge is 0.512 e. The molecule has 0 spiro atoms. The Morgan fingerprint density at radius 3 is 0.774 bits per heavy atom. The van der Waals surface area contributed by atoms with Gasteiger partial charge in [-0.05, 0) is 114 Å². The smallest absolute Gasteiger partial charge is 0.155 e. The molecule has 4 radical (unpaired) electrons. The average Bonchev–Trinajstić information content (AvgIpc) is 0.684. The van der Waals surface area contributed by atoms with Crippen LogP contribution >= 0.6 is 26.4 Å². The van der Waals surface area contributed by atoms with Gasteiger partial charge in [0, 0.05) is 223 Å². The Morgan fingerprint density at radius 2 is 0.534 bits per heavy atom. The van der Waals surface area contributed by atoms with Crippen LogP contribution in [0.15, 0.2) is 316 Å². The zero-order chi connectivity index (χ0) is 101. The van der Waals surface area contributed by atoms with E-state index in [0.29, 0.717) is 0 Å². The van der Waals surface area contributed by atoms with E-state index >= 15 is 9.13 Å². The van der Waals surface area contributed by atoms with Gasteiger partial charge in [-0.25, -0.2) is 0 Å². The summed E-state index contributed by atoms with van der Waals surface area (Å²) in [5, 5.41) is 41.1. The number of benzene rings is 12. The molecular weight excluding hydrogens is 2690 g/mol. The van der Waals surface area contributed by atoms with Crippen molar-refractivity contribution < 1.29 is 109 Å². The van der Waals surface area contributed by atoms with Gasteiger partial charge in [-0.15, -0.1) is 114 Å². The second-order valence-electron chi connectivity index (χ2n) is 42.0. The molecule has 14 nitrogen and oxygen atoms in total. The number of hydrogen-bond acceptors (Lipinski definition) is 16. The van der Waals surface area contributed by atoms with Crippen molar-refractivity contribution in [1.82, 2.24) is 39.9 Å². The van der Waals surface area contributed by atoms with Crippen LogP contribution in [0.4, 0.5) is 0 Å². The summed E-state index contributed by atoms with van der Waals surface area (Å²) in [6.45, 7) is 43.3. The molecule has 748 valence electrons. The SMILES string of the molecule is CC(=O)C=C(C)O.CC(=O)C=C(C)O.CC1(C)c2[c-]c(-c3cnccn3)cc3c2P(=S)(c2ccccc21)c1ccccc1C3(C)C.CC1(C)c2[c-]c(-c3cnccn3)cc3c2P(=S)(c2ccccc21)c1ccccc1C3(C)C.C[Si]1(C)c2[c-]c(-c3cnccn3)cc3c2P(=O)(c2ccccc21)c1ccccc1[Si]3(C)C.C[Si]1(C)c2[c-]c(-c3cnccn3)cc3c2P(=O)(c2ccccc21)c1ccccc1[Si]3(C)C.[Ir].[Ir].[Ir].[Ir]. The number of rotatable bonds is 6. The summed E-state index contributed by atoms with van der Waals surface area (Å²) in [5.41, 5.74) is 16.9. The van der Waals surface area contributed by atoms with Crippen molar-refractivity contribution in [3.8, 4) is 45.0 Å². The number of fused-ring (bicyclic) bond motifs is 16. The van der Waals surface area contributed by atoms with E-state index in [1.54, 1.807) is 62.0 Å². The van der Waals surface area contributed by atoms with E-state index in [9.17, 15) is 9.59 Å². The molecule has 0 fully saturated rings. The van der Waals surface area contributed by atoms with Gasteiger partial charge in [0.15, 0.2) is 11.6 Å². The Hall–Kier alpha value is -9.40. The van der Waals surface area contributed by atoms with Gasteiger partial charge in [-0.1, -0.05) is 347 Å².